The summed E-state index contributed by atoms with van der Waals surface area (Å²) in [5.41, 5.74) is 0. The highest BCUT2D eigenvalue weighted by molar-refractivity contribution is 7.89. The first-order chi connectivity index (χ1) is 14.5. The van der Waals surface area contributed by atoms with Crippen LogP contribution in [0.25, 0.3) is 0 Å². The molecule has 0 unspecified atom stereocenters. The third-order valence-electron chi connectivity index (χ3n) is 4.87. The van der Waals surface area contributed by atoms with Gasteiger partial charge in [-0.2, -0.15) is 4.31 Å². The first-order valence-corrected chi connectivity index (χ1v) is 12.3. The van der Waals surface area contributed by atoms with E-state index in [1.165, 1.54) is 16.4 Å². The van der Waals surface area contributed by atoms with Crippen molar-refractivity contribution in [3.8, 4) is 0 Å². The Kier molecular flexibility index (Phi) is 9.08. The Morgan fingerprint density at radius 2 is 1.65 bits per heavy atom. The smallest absolute Gasteiger partial charge is 0.374 e. The van der Waals surface area contributed by atoms with Crippen LogP contribution >= 0.6 is 0 Å². The predicted octanol–water partition coefficient (Wildman–Crippen LogP) is 1.90. The Morgan fingerprint density at radius 3 is 2.16 bits per heavy atom. The molecule has 9 nitrogen and oxygen atoms in total. The van der Waals surface area contributed by atoms with E-state index in [-0.39, 0.29) is 43.0 Å². The zero-order valence-electron chi connectivity index (χ0n) is 19.2. The van der Waals surface area contributed by atoms with Crippen LogP contribution in [0.3, 0.4) is 0 Å². The lowest BCUT2D eigenvalue weighted by molar-refractivity contribution is -0.133. The molecule has 176 valence electrons. The molecule has 0 bridgehead atoms. The van der Waals surface area contributed by atoms with Crippen LogP contribution in [-0.2, 0) is 19.6 Å². The van der Waals surface area contributed by atoms with Crippen molar-refractivity contribution in [3.63, 3.8) is 0 Å². The SMILES string of the molecule is CCOC(=O)c1ccc(S(=O)(=O)N2CCN(CC(=O)N(CC(C)C)CC(C)C)CC2)o1. The van der Waals surface area contributed by atoms with E-state index in [0.29, 0.717) is 38.0 Å². The van der Waals surface area contributed by atoms with Crippen molar-refractivity contribution in [1.82, 2.24) is 14.1 Å². The van der Waals surface area contributed by atoms with E-state index in [2.05, 4.69) is 27.7 Å². The first kappa shape index (κ1) is 25.4. The number of esters is 1. The molecule has 0 saturated carbocycles. The van der Waals surface area contributed by atoms with Gasteiger partial charge in [-0.1, -0.05) is 27.7 Å². The summed E-state index contributed by atoms with van der Waals surface area (Å²) in [6, 6.07) is 2.57. The molecule has 0 radical (unpaired) electrons. The summed E-state index contributed by atoms with van der Waals surface area (Å²) in [7, 11) is -3.85. The van der Waals surface area contributed by atoms with E-state index in [1.54, 1.807) is 6.92 Å². The number of amides is 1. The van der Waals surface area contributed by atoms with Gasteiger partial charge in [0.05, 0.1) is 13.2 Å². The van der Waals surface area contributed by atoms with Crippen LogP contribution in [0, 0.1) is 11.8 Å². The second kappa shape index (κ2) is 11.1. The average Bonchev–Trinajstić information content (AvgIpc) is 3.18. The molecule has 1 amide bonds. The van der Waals surface area contributed by atoms with Gasteiger partial charge in [0.25, 0.3) is 10.0 Å². The highest BCUT2D eigenvalue weighted by atomic mass is 32.2. The molecular weight excluding hydrogens is 422 g/mol. The van der Waals surface area contributed by atoms with Gasteiger partial charge in [0.1, 0.15) is 0 Å². The molecule has 10 heteroatoms. The number of hydrogen-bond acceptors (Lipinski definition) is 7. The maximum atomic E-state index is 12.8. The largest absolute Gasteiger partial charge is 0.460 e. The number of piperazine rings is 1. The number of carbonyl (C=O) groups is 2. The number of furan rings is 1. The molecule has 1 saturated heterocycles. The molecule has 1 aromatic heterocycles. The fraction of sp³-hybridized carbons (Fsp3) is 0.714. The molecule has 2 rings (SSSR count). The number of carbonyl (C=O) groups excluding carboxylic acids is 2. The lowest BCUT2D eigenvalue weighted by Gasteiger charge is -2.35. The Labute approximate surface area is 185 Å². The Balaban J connectivity index is 1.95. The van der Waals surface area contributed by atoms with Gasteiger partial charge in [0, 0.05) is 39.3 Å². The van der Waals surface area contributed by atoms with Crippen LogP contribution in [0.15, 0.2) is 21.6 Å². The number of rotatable bonds is 10. The molecule has 0 spiro atoms. The van der Waals surface area contributed by atoms with Gasteiger partial charge < -0.3 is 14.1 Å². The lowest BCUT2D eigenvalue weighted by Crippen LogP contribution is -2.52. The van der Waals surface area contributed by atoms with E-state index < -0.39 is 16.0 Å². The highest BCUT2D eigenvalue weighted by Gasteiger charge is 2.32. The van der Waals surface area contributed by atoms with Crippen molar-refractivity contribution in [2.75, 3.05) is 52.4 Å². The van der Waals surface area contributed by atoms with Gasteiger partial charge in [-0.05, 0) is 30.9 Å². The van der Waals surface area contributed by atoms with E-state index in [9.17, 15) is 18.0 Å². The summed E-state index contributed by atoms with van der Waals surface area (Å²) < 4.78 is 37.1. The van der Waals surface area contributed by atoms with Crippen molar-refractivity contribution in [2.24, 2.45) is 11.8 Å². The lowest BCUT2D eigenvalue weighted by atomic mass is 10.1. The van der Waals surface area contributed by atoms with Crippen molar-refractivity contribution >= 4 is 21.9 Å². The number of hydrogen-bond donors (Lipinski definition) is 0. The summed E-state index contributed by atoms with van der Waals surface area (Å²) in [6.07, 6.45) is 0. The molecule has 2 heterocycles. The minimum absolute atomic E-state index is 0.0730. The van der Waals surface area contributed by atoms with Crippen LogP contribution in [0.1, 0.15) is 45.2 Å². The minimum atomic E-state index is -3.85. The van der Waals surface area contributed by atoms with Crippen molar-refractivity contribution in [1.29, 1.82) is 0 Å². The van der Waals surface area contributed by atoms with Gasteiger partial charge in [0.15, 0.2) is 0 Å². The monoisotopic (exact) mass is 457 g/mol. The maximum Gasteiger partial charge on any atom is 0.374 e. The summed E-state index contributed by atoms with van der Waals surface area (Å²) in [5.74, 6) is 0.0125. The number of sulfonamides is 1. The first-order valence-electron chi connectivity index (χ1n) is 10.8. The molecule has 0 aromatic carbocycles. The van der Waals surface area contributed by atoms with Crippen LogP contribution in [-0.4, -0.2) is 86.8 Å². The summed E-state index contributed by atoms with van der Waals surface area (Å²) >= 11 is 0. The van der Waals surface area contributed by atoms with Crippen LogP contribution < -0.4 is 0 Å². The van der Waals surface area contributed by atoms with Gasteiger partial charge >= 0.3 is 5.97 Å². The molecule has 0 atom stereocenters. The van der Waals surface area contributed by atoms with E-state index >= 15 is 0 Å². The predicted molar refractivity (Wildman–Crippen MR) is 116 cm³/mol. The summed E-state index contributed by atoms with van der Waals surface area (Å²) in [6.45, 7) is 13.3. The van der Waals surface area contributed by atoms with Crippen molar-refractivity contribution in [3.05, 3.63) is 17.9 Å². The summed E-state index contributed by atoms with van der Waals surface area (Å²) in [4.78, 5) is 28.4. The second-order valence-corrected chi connectivity index (χ2v) is 10.5. The maximum absolute atomic E-state index is 12.8. The molecule has 1 aliphatic heterocycles. The topological polar surface area (TPSA) is 100 Å². The molecule has 1 aromatic rings. The standard InChI is InChI=1S/C21H35N3O6S/c1-6-29-21(26)18-7-8-20(30-18)31(27,28)24-11-9-22(10-12-24)15-19(25)23(13-16(2)3)14-17(4)5/h7-8,16-17H,6,9-15H2,1-5H3. The third kappa shape index (κ3) is 7.05. The number of nitrogens with zero attached hydrogens (tertiary/aromatic N) is 3. The number of ether oxygens (including phenoxy) is 1. The summed E-state index contributed by atoms with van der Waals surface area (Å²) in [5, 5.41) is -0.278. The average molecular weight is 458 g/mol. The van der Waals surface area contributed by atoms with Crippen molar-refractivity contribution < 1.29 is 27.2 Å². The second-order valence-electron chi connectivity index (χ2n) is 8.61. The fourth-order valence-electron chi connectivity index (χ4n) is 3.48. The third-order valence-corrected chi connectivity index (χ3v) is 6.64. The van der Waals surface area contributed by atoms with Crippen LogP contribution in [0.2, 0.25) is 0 Å². The molecule has 31 heavy (non-hydrogen) atoms. The van der Waals surface area contributed by atoms with E-state index in [0.717, 1.165) is 0 Å². The zero-order valence-corrected chi connectivity index (χ0v) is 20.0. The Morgan fingerprint density at radius 1 is 1.06 bits per heavy atom. The molecular formula is C21H35N3O6S. The quantitative estimate of drug-likeness (QED) is 0.495. The normalized spacial score (nSPS) is 16.1. The molecule has 0 N–H and O–H groups in total. The Bertz CT molecular complexity index is 831. The van der Waals surface area contributed by atoms with Gasteiger partial charge in [-0.15, -0.1) is 0 Å². The zero-order chi connectivity index (χ0) is 23.2. The van der Waals surface area contributed by atoms with Gasteiger partial charge in [-0.25, -0.2) is 13.2 Å². The van der Waals surface area contributed by atoms with Gasteiger partial charge in [0.2, 0.25) is 16.8 Å². The minimum Gasteiger partial charge on any atom is -0.460 e. The Hall–Kier alpha value is -1.91. The van der Waals surface area contributed by atoms with Gasteiger partial charge in [-0.3, -0.25) is 9.69 Å². The molecule has 1 aliphatic rings. The molecule has 1 fully saturated rings. The van der Waals surface area contributed by atoms with Crippen molar-refractivity contribution in [2.45, 2.75) is 39.7 Å². The van der Waals surface area contributed by atoms with E-state index in [1.807, 2.05) is 9.80 Å². The highest BCUT2D eigenvalue weighted by Crippen LogP contribution is 2.21. The fourth-order valence-corrected chi connectivity index (χ4v) is 4.81. The van der Waals surface area contributed by atoms with E-state index in [4.69, 9.17) is 9.15 Å². The molecule has 0 aliphatic carbocycles. The van der Waals surface area contributed by atoms with Crippen LogP contribution in [0.5, 0.6) is 0 Å². The van der Waals surface area contributed by atoms with Crippen LogP contribution in [0.4, 0.5) is 0 Å².